The third-order valence-corrected chi connectivity index (χ3v) is 5.52. The number of nitrogens with one attached hydrogen (secondary N) is 2. The van der Waals surface area contributed by atoms with E-state index in [4.69, 9.17) is 4.98 Å². The van der Waals surface area contributed by atoms with Gasteiger partial charge in [-0.25, -0.2) is 0 Å². The summed E-state index contributed by atoms with van der Waals surface area (Å²) < 4.78 is 0. The van der Waals surface area contributed by atoms with Gasteiger partial charge in [0.05, 0.1) is 0 Å². The van der Waals surface area contributed by atoms with Crippen molar-refractivity contribution in [1.29, 1.82) is 0 Å². The minimum atomic E-state index is 0.311. The molecule has 3 rings (SSSR count). The highest BCUT2D eigenvalue weighted by molar-refractivity contribution is 5.44. The molecule has 1 aromatic rings. The largest absolute Gasteiger partial charge is 0.354 e. The van der Waals surface area contributed by atoms with Crippen LogP contribution in [0, 0.1) is 11.8 Å². The topological polar surface area (TPSA) is 66.0 Å². The molecule has 0 radical (unpaired) electrons. The zero-order chi connectivity index (χ0) is 17.6. The smallest absolute Gasteiger partial charge is 0.231 e. The molecule has 1 aliphatic carbocycles. The summed E-state index contributed by atoms with van der Waals surface area (Å²) in [7, 11) is 0. The fourth-order valence-corrected chi connectivity index (χ4v) is 3.90. The molecule has 6 heteroatoms. The number of rotatable bonds is 7. The molecular weight excluding hydrogens is 312 g/mol. The van der Waals surface area contributed by atoms with Gasteiger partial charge in [0.25, 0.3) is 0 Å². The Bertz CT molecular complexity index is 533. The predicted octanol–water partition coefficient (Wildman–Crippen LogP) is 3.92. The normalized spacial score (nSPS) is 23.9. The molecule has 6 nitrogen and oxygen atoms in total. The van der Waals surface area contributed by atoms with Crippen LogP contribution >= 0.6 is 0 Å². The summed E-state index contributed by atoms with van der Waals surface area (Å²) in [5.41, 5.74) is 0. The molecule has 0 aromatic carbocycles. The fraction of sp³-hybridized carbons (Fsp3) is 0.842. The first kappa shape index (κ1) is 18.2. The van der Waals surface area contributed by atoms with E-state index in [2.05, 4.69) is 46.3 Å². The molecule has 2 fully saturated rings. The Morgan fingerprint density at radius 1 is 0.960 bits per heavy atom. The van der Waals surface area contributed by atoms with Crippen molar-refractivity contribution in [3.8, 4) is 0 Å². The van der Waals surface area contributed by atoms with Crippen molar-refractivity contribution in [2.45, 2.75) is 71.8 Å². The first-order valence-electron chi connectivity index (χ1n) is 10.2. The van der Waals surface area contributed by atoms with Gasteiger partial charge in [-0.2, -0.15) is 15.0 Å². The standard InChI is InChI=1S/C19H34N6/c1-4-15-7-9-16(10-8-15)13-20-17-22-18(21-14(2)3)24-19(23-17)25-11-5-6-12-25/h14-16H,4-13H2,1-3H3,(H2,20,21,22,23,24). The number of aromatic nitrogens is 3. The highest BCUT2D eigenvalue weighted by Gasteiger charge is 2.21. The summed E-state index contributed by atoms with van der Waals surface area (Å²) in [5, 5.41) is 6.83. The maximum absolute atomic E-state index is 4.69. The van der Waals surface area contributed by atoms with Gasteiger partial charge in [-0.05, 0) is 51.4 Å². The van der Waals surface area contributed by atoms with Crippen LogP contribution in [0.1, 0.15) is 65.7 Å². The molecule has 1 saturated heterocycles. The maximum Gasteiger partial charge on any atom is 0.231 e. The Kier molecular flexibility index (Phi) is 6.32. The van der Waals surface area contributed by atoms with Gasteiger partial charge in [0.15, 0.2) is 0 Å². The molecule has 0 bridgehead atoms. The highest BCUT2D eigenvalue weighted by atomic mass is 15.3. The van der Waals surface area contributed by atoms with Gasteiger partial charge in [-0.3, -0.25) is 0 Å². The summed E-state index contributed by atoms with van der Waals surface area (Å²) in [6, 6.07) is 0.311. The maximum atomic E-state index is 4.69. The summed E-state index contributed by atoms with van der Waals surface area (Å²) in [5.74, 6) is 3.91. The van der Waals surface area contributed by atoms with E-state index in [1.165, 1.54) is 44.9 Å². The molecule has 0 unspecified atom stereocenters. The minimum Gasteiger partial charge on any atom is -0.354 e. The molecule has 0 spiro atoms. The van der Waals surface area contributed by atoms with Crippen LogP contribution in [0.15, 0.2) is 0 Å². The van der Waals surface area contributed by atoms with Gasteiger partial charge in [0.1, 0.15) is 0 Å². The summed E-state index contributed by atoms with van der Waals surface area (Å²) in [6.07, 6.45) is 9.18. The average molecular weight is 347 g/mol. The first-order chi connectivity index (χ1) is 12.1. The van der Waals surface area contributed by atoms with E-state index in [0.29, 0.717) is 12.0 Å². The second-order valence-electron chi connectivity index (χ2n) is 7.95. The van der Waals surface area contributed by atoms with Crippen molar-refractivity contribution in [2.75, 3.05) is 35.2 Å². The lowest BCUT2D eigenvalue weighted by Gasteiger charge is -2.28. The summed E-state index contributed by atoms with van der Waals surface area (Å²) in [4.78, 5) is 16.2. The van der Waals surface area contributed by atoms with Crippen LogP contribution in [0.5, 0.6) is 0 Å². The third-order valence-electron chi connectivity index (χ3n) is 5.52. The Balaban J connectivity index is 1.63. The Morgan fingerprint density at radius 2 is 1.60 bits per heavy atom. The van der Waals surface area contributed by atoms with Crippen LogP contribution < -0.4 is 15.5 Å². The van der Waals surface area contributed by atoms with Crippen LogP contribution in [-0.4, -0.2) is 40.6 Å². The van der Waals surface area contributed by atoms with E-state index < -0.39 is 0 Å². The van der Waals surface area contributed by atoms with Crippen molar-refractivity contribution in [1.82, 2.24) is 15.0 Å². The van der Waals surface area contributed by atoms with Crippen LogP contribution in [0.4, 0.5) is 17.8 Å². The van der Waals surface area contributed by atoms with E-state index in [-0.39, 0.29) is 0 Å². The van der Waals surface area contributed by atoms with E-state index >= 15 is 0 Å². The molecule has 2 N–H and O–H groups in total. The van der Waals surface area contributed by atoms with Crippen molar-refractivity contribution in [3.05, 3.63) is 0 Å². The second-order valence-corrected chi connectivity index (χ2v) is 7.95. The third kappa shape index (κ3) is 5.19. The molecule has 1 saturated carbocycles. The number of hydrogen-bond donors (Lipinski definition) is 2. The zero-order valence-electron chi connectivity index (χ0n) is 16.1. The van der Waals surface area contributed by atoms with E-state index in [1.54, 1.807) is 0 Å². The van der Waals surface area contributed by atoms with E-state index in [0.717, 1.165) is 43.4 Å². The molecule has 2 aliphatic rings. The molecule has 0 atom stereocenters. The Labute approximate surface area is 152 Å². The van der Waals surface area contributed by atoms with Gasteiger partial charge in [0.2, 0.25) is 17.8 Å². The first-order valence-corrected chi connectivity index (χ1v) is 10.2. The molecule has 1 aromatic heterocycles. The van der Waals surface area contributed by atoms with Crippen molar-refractivity contribution in [3.63, 3.8) is 0 Å². The van der Waals surface area contributed by atoms with Gasteiger partial charge in [-0.1, -0.05) is 26.2 Å². The molecular formula is C19H34N6. The van der Waals surface area contributed by atoms with Gasteiger partial charge in [-0.15, -0.1) is 0 Å². The minimum absolute atomic E-state index is 0.311. The summed E-state index contributed by atoms with van der Waals surface area (Å²) in [6.45, 7) is 9.60. The van der Waals surface area contributed by atoms with E-state index in [1.807, 2.05) is 0 Å². The molecule has 25 heavy (non-hydrogen) atoms. The SMILES string of the molecule is CCC1CCC(CNc2nc(NC(C)C)nc(N3CCCC3)n2)CC1. The molecule has 0 amide bonds. The van der Waals surface area contributed by atoms with Crippen LogP contribution in [0.3, 0.4) is 0 Å². The number of hydrogen-bond acceptors (Lipinski definition) is 6. The van der Waals surface area contributed by atoms with Crippen LogP contribution in [0.2, 0.25) is 0 Å². The van der Waals surface area contributed by atoms with Gasteiger partial charge < -0.3 is 15.5 Å². The lowest BCUT2D eigenvalue weighted by Crippen LogP contribution is -2.25. The van der Waals surface area contributed by atoms with Crippen molar-refractivity contribution >= 4 is 17.8 Å². The Hall–Kier alpha value is -1.59. The Morgan fingerprint density at radius 3 is 2.24 bits per heavy atom. The van der Waals surface area contributed by atoms with Crippen LogP contribution in [-0.2, 0) is 0 Å². The van der Waals surface area contributed by atoms with Gasteiger partial charge >= 0.3 is 0 Å². The monoisotopic (exact) mass is 346 g/mol. The quantitative estimate of drug-likeness (QED) is 0.780. The predicted molar refractivity (Wildman–Crippen MR) is 104 cm³/mol. The average Bonchev–Trinajstić information content (AvgIpc) is 3.14. The fourth-order valence-electron chi connectivity index (χ4n) is 3.90. The number of nitrogens with zero attached hydrogens (tertiary/aromatic N) is 4. The van der Waals surface area contributed by atoms with E-state index in [9.17, 15) is 0 Å². The highest BCUT2D eigenvalue weighted by Crippen LogP contribution is 2.30. The molecule has 2 heterocycles. The molecule has 140 valence electrons. The number of anilines is 3. The van der Waals surface area contributed by atoms with Crippen LogP contribution in [0.25, 0.3) is 0 Å². The zero-order valence-corrected chi connectivity index (χ0v) is 16.1. The summed E-state index contributed by atoms with van der Waals surface area (Å²) >= 11 is 0. The second kappa shape index (κ2) is 8.68. The van der Waals surface area contributed by atoms with Gasteiger partial charge in [0, 0.05) is 25.7 Å². The lowest BCUT2D eigenvalue weighted by molar-refractivity contribution is 0.278. The lowest BCUT2D eigenvalue weighted by atomic mass is 9.81. The van der Waals surface area contributed by atoms with Crippen molar-refractivity contribution < 1.29 is 0 Å². The van der Waals surface area contributed by atoms with Crippen molar-refractivity contribution in [2.24, 2.45) is 11.8 Å². The molecule has 1 aliphatic heterocycles.